The number of rotatable bonds is 23. The molecular formula is C24H46O6. The van der Waals surface area contributed by atoms with E-state index in [2.05, 4.69) is 13.8 Å². The fourth-order valence-corrected chi connectivity index (χ4v) is 3.12. The normalized spacial score (nSPS) is 11.2. The van der Waals surface area contributed by atoms with Crippen molar-refractivity contribution in [3.8, 4) is 0 Å². The Morgan fingerprint density at radius 2 is 1.13 bits per heavy atom. The van der Waals surface area contributed by atoms with Crippen LogP contribution < -0.4 is 0 Å². The minimum atomic E-state index is -0.838. The smallest absolute Gasteiger partial charge is 0.305 e. The maximum absolute atomic E-state index is 11.9. The van der Waals surface area contributed by atoms with Crippen molar-refractivity contribution in [2.24, 2.45) is 0 Å². The van der Waals surface area contributed by atoms with Crippen molar-refractivity contribution in [1.82, 2.24) is 0 Å². The lowest BCUT2D eigenvalue weighted by molar-refractivity contribution is -0.183. The van der Waals surface area contributed by atoms with Crippen LogP contribution in [0.2, 0.25) is 0 Å². The third kappa shape index (κ3) is 21.6. The Kier molecular flexibility index (Phi) is 21.7. The van der Waals surface area contributed by atoms with Crippen molar-refractivity contribution in [3.05, 3.63) is 0 Å². The molecule has 0 fully saturated rings. The molecular weight excluding hydrogens is 384 g/mol. The highest BCUT2D eigenvalue weighted by Crippen LogP contribution is 2.09. The zero-order valence-electron chi connectivity index (χ0n) is 19.5. The summed E-state index contributed by atoms with van der Waals surface area (Å²) in [5.41, 5.74) is 0. The van der Waals surface area contributed by atoms with E-state index in [1.165, 1.54) is 51.4 Å². The Labute approximate surface area is 184 Å². The Morgan fingerprint density at radius 3 is 1.63 bits per heavy atom. The van der Waals surface area contributed by atoms with Crippen LogP contribution in [0.3, 0.4) is 0 Å². The maximum Gasteiger partial charge on any atom is 0.305 e. The summed E-state index contributed by atoms with van der Waals surface area (Å²) in [6.07, 6.45) is 15.1. The van der Waals surface area contributed by atoms with Gasteiger partial charge in [0.2, 0.25) is 0 Å². The molecule has 30 heavy (non-hydrogen) atoms. The van der Waals surface area contributed by atoms with Gasteiger partial charge in [-0.25, -0.2) is 0 Å². The van der Waals surface area contributed by atoms with Crippen molar-refractivity contribution in [3.63, 3.8) is 0 Å². The second-order valence-corrected chi connectivity index (χ2v) is 7.99. The van der Waals surface area contributed by atoms with Gasteiger partial charge in [0.1, 0.15) is 6.61 Å². The summed E-state index contributed by atoms with van der Waals surface area (Å²) in [6, 6.07) is 0. The van der Waals surface area contributed by atoms with Crippen LogP contribution in [0.5, 0.6) is 0 Å². The number of hydrogen-bond acceptors (Lipinski definition) is 5. The lowest BCUT2D eigenvalue weighted by Crippen LogP contribution is -2.26. The molecule has 6 heteroatoms. The molecule has 0 aliphatic rings. The fourth-order valence-electron chi connectivity index (χ4n) is 3.12. The molecule has 0 radical (unpaired) electrons. The number of ether oxygens (including phenoxy) is 3. The molecule has 0 aliphatic heterocycles. The number of carbonyl (C=O) groups excluding carboxylic acids is 1. The fraction of sp³-hybridized carbons (Fsp3) is 0.917. The van der Waals surface area contributed by atoms with Crippen LogP contribution in [0.4, 0.5) is 0 Å². The van der Waals surface area contributed by atoms with Crippen LogP contribution in [0.15, 0.2) is 0 Å². The molecule has 0 aromatic rings. The average Bonchev–Trinajstić information content (AvgIpc) is 2.73. The van der Waals surface area contributed by atoms with Crippen LogP contribution >= 0.6 is 0 Å². The number of carboxylic acid groups (broad SMARTS) is 1. The van der Waals surface area contributed by atoms with E-state index < -0.39 is 12.3 Å². The van der Waals surface area contributed by atoms with Crippen molar-refractivity contribution in [1.29, 1.82) is 0 Å². The van der Waals surface area contributed by atoms with Crippen LogP contribution in [0.1, 0.15) is 117 Å². The first-order chi connectivity index (χ1) is 14.6. The molecule has 0 atom stereocenters. The Morgan fingerprint density at radius 1 is 0.667 bits per heavy atom. The summed E-state index contributed by atoms with van der Waals surface area (Å²) in [6.45, 7) is 5.75. The number of unbranched alkanes of at least 4 members (excludes halogenated alkanes) is 11. The summed E-state index contributed by atoms with van der Waals surface area (Å²) < 4.78 is 16.9. The molecule has 0 saturated heterocycles. The number of carboxylic acids is 1. The third-order valence-corrected chi connectivity index (χ3v) is 5.01. The van der Waals surface area contributed by atoms with Gasteiger partial charge in [-0.15, -0.1) is 0 Å². The number of aliphatic carboxylic acids is 1. The van der Waals surface area contributed by atoms with E-state index >= 15 is 0 Å². The zero-order valence-corrected chi connectivity index (χ0v) is 19.5. The standard InChI is InChI=1S/C24H46O6/c1-3-5-7-9-11-15-19-28-24(29-20-16-12-10-8-6-4-2)21-30-23(27)18-14-13-17-22(25)26/h24H,3-21H2,1-2H3,(H,25,26). The minimum Gasteiger partial charge on any atom is -0.481 e. The predicted octanol–water partition coefficient (Wildman–Crippen LogP) is 6.25. The molecule has 1 N–H and O–H groups in total. The van der Waals surface area contributed by atoms with Gasteiger partial charge >= 0.3 is 11.9 Å². The van der Waals surface area contributed by atoms with Crippen LogP contribution in [-0.2, 0) is 23.8 Å². The highest BCUT2D eigenvalue weighted by Gasteiger charge is 2.13. The van der Waals surface area contributed by atoms with Crippen LogP contribution in [-0.4, -0.2) is 43.2 Å². The monoisotopic (exact) mass is 430 g/mol. The lowest BCUT2D eigenvalue weighted by Gasteiger charge is -2.19. The molecule has 178 valence electrons. The second kappa shape index (κ2) is 22.5. The van der Waals surface area contributed by atoms with Crippen LogP contribution in [0, 0.1) is 0 Å². The molecule has 0 heterocycles. The first-order valence-corrected chi connectivity index (χ1v) is 12.2. The lowest BCUT2D eigenvalue weighted by atomic mass is 10.1. The van der Waals surface area contributed by atoms with Crippen molar-refractivity contribution < 1.29 is 28.9 Å². The molecule has 0 rings (SSSR count). The first-order valence-electron chi connectivity index (χ1n) is 12.2. The Balaban J connectivity index is 4.03. The summed E-state index contributed by atoms with van der Waals surface area (Å²) in [5.74, 6) is -1.16. The van der Waals surface area contributed by atoms with E-state index in [-0.39, 0.29) is 25.4 Å². The number of hydrogen-bond donors (Lipinski definition) is 1. The van der Waals surface area contributed by atoms with Gasteiger partial charge in [0, 0.05) is 26.1 Å². The van der Waals surface area contributed by atoms with Gasteiger partial charge in [0.05, 0.1) is 0 Å². The minimum absolute atomic E-state index is 0.0820. The SMILES string of the molecule is CCCCCCCCOC(COC(=O)CCCCC(=O)O)OCCCCCCCC. The Hall–Kier alpha value is -1.14. The quantitative estimate of drug-likeness (QED) is 0.117. The topological polar surface area (TPSA) is 82.1 Å². The largest absolute Gasteiger partial charge is 0.481 e. The average molecular weight is 431 g/mol. The van der Waals surface area contributed by atoms with Crippen molar-refractivity contribution in [2.45, 2.75) is 123 Å². The second-order valence-electron chi connectivity index (χ2n) is 7.99. The van der Waals surface area contributed by atoms with Gasteiger partial charge in [-0.05, 0) is 25.7 Å². The van der Waals surface area contributed by atoms with Crippen molar-refractivity contribution in [2.75, 3.05) is 19.8 Å². The van der Waals surface area contributed by atoms with Crippen molar-refractivity contribution >= 4 is 11.9 Å². The summed E-state index contributed by atoms with van der Waals surface area (Å²) in [7, 11) is 0. The van der Waals surface area contributed by atoms with E-state index in [1.54, 1.807) is 0 Å². The van der Waals surface area contributed by atoms with E-state index in [0.717, 1.165) is 25.7 Å². The maximum atomic E-state index is 11.9. The molecule has 0 amide bonds. The Bertz CT molecular complexity index is 381. The van der Waals surface area contributed by atoms with Gasteiger partial charge in [0.15, 0.2) is 6.29 Å². The summed E-state index contributed by atoms with van der Waals surface area (Å²) in [5, 5.41) is 8.63. The molecule has 0 spiro atoms. The van der Waals surface area contributed by atoms with Gasteiger partial charge in [-0.1, -0.05) is 78.1 Å². The van der Waals surface area contributed by atoms with E-state index in [9.17, 15) is 9.59 Å². The predicted molar refractivity (Wildman–Crippen MR) is 120 cm³/mol. The molecule has 0 saturated carbocycles. The van der Waals surface area contributed by atoms with E-state index in [0.29, 0.717) is 26.1 Å². The number of esters is 1. The first kappa shape index (κ1) is 28.9. The third-order valence-electron chi connectivity index (χ3n) is 5.01. The highest BCUT2D eigenvalue weighted by molar-refractivity contribution is 5.69. The van der Waals surface area contributed by atoms with E-state index in [4.69, 9.17) is 19.3 Å². The molecule has 6 nitrogen and oxygen atoms in total. The molecule has 0 unspecified atom stereocenters. The number of carbonyl (C=O) groups is 2. The molecule has 0 bridgehead atoms. The van der Waals surface area contributed by atoms with Gasteiger partial charge in [-0.3, -0.25) is 9.59 Å². The molecule has 0 aliphatic carbocycles. The van der Waals surface area contributed by atoms with E-state index in [1.807, 2.05) is 0 Å². The van der Waals surface area contributed by atoms with Gasteiger partial charge < -0.3 is 19.3 Å². The van der Waals surface area contributed by atoms with Crippen LogP contribution in [0.25, 0.3) is 0 Å². The van der Waals surface area contributed by atoms with Gasteiger partial charge in [0.25, 0.3) is 0 Å². The molecule has 0 aromatic carbocycles. The highest BCUT2D eigenvalue weighted by atomic mass is 16.7. The molecule has 0 aromatic heterocycles. The summed E-state index contributed by atoms with van der Waals surface area (Å²) in [4.78, 5) is 22.4. The zero-order chi connectivity index (χ0) is 22.3. The summed E-state index contributed by atoms with van der Waals surface area (Å²) >= 11 is 0. The van der Waals surface area contributed by atoms with Gasteiger partial charge in [-0.2, -0.15) is 0 Å².